The molecule has 0 radical (unpaired) electrons. The van der Waals surface area contributed by atoms with Gasteiger partial charge in [0.1, 0.15) is 11.6 Å². The van der Waals surface area contributed by atoms with Crippen molar-refractivity contribution in [2.45, 2.75) is 38.8 Å². The fraction of sp³-hybridized carbons (Fsp3) is 0.591. The molecule has 10 heteroatoms. The lowest BCUT2D eigenvalue weighted by Crippen LogP contribution is -2.52. The van der Waals surface area contributed by atoms with Gasteiger partial charge in [0.15, 0.2) is 5.96 Å². The molecule has 1 aromatic heterocycles. The van der Waals surface area contributed by atoms with Gasteiger partial charge in [-0.05, 0) is 31.4 Å². The molecule has 0 aliphatic carbocycles. The predicted octanol–water partition coefficient (Wildman–Crippen LogP) is 1.80. The summed E-state index contributed by atoms with van der Waals surface area (Å²) >= 11 is 0. The van der Waals surface area contributed by atoms with Gasteiger partial charge in [-0.15, -0.1) is 24.0 Å². The highest BCUT2D eigenvalue weighted by Gasteiger charge is 2.21. The van der Waals surface area contributed by atoms with Gasteiger partial charge < -0.3 is 19.9 Å². The molecule has 2 aromatic rings. The van der Waals surface area contributed by atoms with Gasteiger partial charge >= 0.3 is 5.69 Å². The highest BCUT2D eigenvalue weighted by molar-refractivity contribution is 14.0. The lowest BCUT2D eigenvalue weighted by molar-refractivity contribution is 0.366. The second-order valence-electron chi connectivity index (χ2n) is 8.00. The number of nitrogens with zero attached hydrogens (tertiary/aromatic N) is 6. The van der Waals surface area contributed by atoms with E-state index in [2.05, 4.69) is 31.3 Å². The summed E-state index contributed by atoms with van der Waals surface area (Å²) in [5.41, 5.74) is 1.17. The van der Waals surface area contributed by atoms with E-state index in [1.165, 1.54) is 0 Å². The van der Waals surface area contributed by atoms with Crippen LogP contribution in [0.5, 0.6) is 5.75 Å². The number of benzene rings is 1. The standard InChI is InChI=1S/C22H33N7O2.HI/c1-23-21(24-11-7-13-29-22(30)28-12-6-5-10-20(28)25-29)27-16-14-26(15-17-27)18-8-3-4-9-19(18)31-2;/h3-4,8-9H,5-7,10-17H2,1-2H3,(H,23,24);1H. The number of hydrogen-bond donors (Lipinski definition) is 1. The number of aryl methyl sites for hydroxylation is 2. The minimum atomic E-state index is 0. The van der Waals surface area contributed by atoms with E-state index < -0.39 is 0 Å². The Morgan fingerprint density at radius 2 is 1.94 bits per heavy atom. The van der Waals surface area contributed by atoms with Crippen LogP contribution in [0, 0.1) is 0 Å². The highest BCUT2D eigenvalue weighted by atomic mass is 127. The van der Waals surface area contributed by atoms with E-state index >= 15 is 0 Å². The van der Waals surface area contributed by atoms with Crippen molar-refractivity contribution in [3.05, 3.63) is 40.6 Å². The van der Waals surface area contributed by atoms with E-state index in [-0.39, 0.29) is 29.7 Å². The molecule has 1 aromatic carbocycles. The number of rotatable bonds is 6. The fourth-order valence-corrected chi connectivity index (χ4v) is 4.41. The maximum atomic E-state index is 12.4. The Morgan fingerprint density at radius 3 is 2.66 bits per heavy atom. The average Bonchev–Trinajstić information content (AvgIpc) is 3.15. The molecule has 2 aliphatic rings. The van der Waals surface area contributed by atoms with E-state index in [1.807, 2.05) is 29.8 Å². The third-order valence-corrected chi connectivity index (χ3v) is 6.08. The summed E-state index contributed by atoms with van der Waals surface area (Å²) in [5, 5.41) is 7.96. The van der Waals surface area contributed by atoms with Crippen LogP contribution in [-0.4, -0.2) is 72.1 Å². The van der Waals surface area contributed by atoms with Crippen molar-refractivity contribution in [2.75, 3.05) is 51.8 Å². The molecule has 0 unspecified atom stereocenters. The Bertz CT molecular complexity index is 963. The van der Waals surface area contributed by atoms with Gasteiger partial charge in [0.2, 0.25) is 0 Å². The van der Waals surface area contributed by atoms with Crippen molar-refractivity contribution in [1.82, 2.24) is 24.6 Å². The van der Waals surface area contributed by atoms with Crippen molar-refractivity contribution in [3.63, 3.8) is 0 Å². The molecule has 9 nitrogen and oxygen atoms in total. The molecule has 1 saturated heterocycles. The third kappa shape index (κ3) is 5.38. The molecule has 1 fully saturated rings. The second kappa shape index (κ2) is 11.6. The number of halogens is 1. The van der Waals surface area contributed by atoms with Gasteiger partial charge in [0.05, 0.1) is 12.8 Å². The molecule has 3 heterocycles. The number of aliphatic imine (C=N–C) groups is 1. The molecule has 32 heavy (non-hydrogen) atoms. The van der Waals surface area contributed by atoms with Crippen LogP contribution >= 0.6 is 24.0 Å². The molecule has 0 amide bonds. The topological polar surface area (TPSA) is 79.9 Å². The van der Waals surface area contributed by atoms with E-state index in [0.717, 1.165) is 88.2 Å². The van der Waals surface area contributed by atoms with Gasteiger partial charge in [-0.25, -0.2) is 9.48 Å². The summed E-state index contributed by atoms with van der Waals surface area (Å²) in [7, 11) is 3.54. The first-order chi connectivity index (χ1) is 15.2. The van der Waals surface area contributed by atoms with Crippen molar-refractivity contribution in [3.8, 4) is 5.75 Å². The number of ether oxygens (including phenoxy) is 1. The lowest BCUT2D eigenvalue weighted by Gasteiger charge is -2.38. The molecular formula is C22H34IN7O2. The molecule has 0 atom stereocenters. The minimum absolute atomic E-state index is 0. The molecule has 0 bridgehead atoms. The number of guanidine groups is 1. The molecular weight excluding hydrogens is 521 g/mol. The largest absolute Gasteiger partial charge is 0.495 e. The molecule has 176 valence electrons. The SMILES string of the molecule is CN=C(NCCCn1nc2n(c1=O)CCCC2)N1CCN(c2ccccc2OC)CC1.I. The summed E-state index contributed by atoms with van der Waals surface area (Å²) < 4.78 is 8.96. The van der Waals surface area contributed by atoms with E-state index in [4.69, 9.17) is 4.74 Å². The van der Waals surface area contributed by atoms with Crippen molar-refractivity contribution in [1.29, 1.82) is 0 Å². The lowest BCUT2D eigenvalue weighted by atomic mass is 10.2. The molecule has 0 saturated carbocycles. The number of hydrogen-bond acceptors (Lipinski definition) is 5. The van der Waals surface area contributed by atoms with Crippen molar-refractivity contribution in [2.24, 2.45) is 4.99 Å². The normalized spacial score (nSPS) is 16.4. The monoisotopic (exact) mass is 555 g/mol. The first-order valence-corrected chi connectivity index (χ1v) is 11.2. The summed E-state index contributed by atoms with van der Waals surface area (Å²) in [5.74, 6) is 2.76. The number of para-hydroxylation sites is 2. The van der Waals surface area contributed by atoms with Gasteiger partial charge in [-0.1, -0.05) is 12.1 Å². The quantitative estimate of drug-likeness (QED) is 0.254. The van der Waals surface area contributed by atoms with E-state index in [9.17, 15) is 4.79 Å². The van der Waals surface area contributed by atoms with E-state index in [1.54, 1.807) is 11.8 Å². The van der Waals surface area contributed by atoms with Gasteiger partial charge in [0.25, 0.3) is 0 Å². The van der Waals surface area contributed by atoms with Crippen molar-refractivity contribution < 1.29 is 4.74 Å². The summed E-state index contributed by atoms with van der Waals surface area (Å²) in [6, 6.07) is 8.16. The smallest absolute Gasteiger partial charge is 0.345 e. The zero-order valence-electron chi connectivity index (χ0n) is 19.0. The summed E-state index contributed by atoms with van der Waals surface area (Å²) in [6.45, 7) is 5.81. The number of anilines is 1. The van der Waals surface area contributed by atoms with Crippen LogP contribution in [0.2, 0.25) is 0 Å². The Balaban J connectivity index is 0.00000289. The number of aromatic nitrogens is 3. The Labute approximate surface area is 206 Å². The van der Waals surface area contributed by atoms with Gasteiger partial charge in [-0.2, -0.15) is 5.10 Å². The van der Waals surface area contributed by atoms with Crippen LogP contribution in [0.4, 0.5) is 5.69 Å². The predicted molar refractivity (Wildman–Crippen MR) is 138 cm³/mol. The first kappa shape index (κ1) is 24.4. The average molecular weight is 555 g/mol. The zero-order chi connectivity index (χ0) is 21.6. The third-order valence-electron chi connectivity index (χ3n) is 6.08. The first-order valence-electron chi connectivity index (χ1n) is 11.2. The summed E-state index contributed by atoms with van der Waals surface area (Å²) in [4.78, 5) is 21.5. The maximum absolute atomic E-state index is 12.4. The van der Waals surface area contributed by atoms with Crippen LogP contribution in [0.1, 0.15) is 25.1 Å². The van der Waals surface area contributed by atoms with Gasteiger partial charge in [0, 0.05) is 59.3 Å². The molecule has 0 spiro atoms. The van der Waals surface area contributed by atoms with E-state index in [0.29, 0.717) is 6.54 Å². The van der Waals surface area contributed by atoms with Gasteiger partial charge in [-0.3, -0.25) is 9.56 Å². The Kier molecular flexibility index (Phi) is 8.83. The zero-order valence-corrected chi connectivity index (χ0v) is 21.3. The van der Waals surface area contributed by atoms with Crippen LogP contribution in [0.15, 0.2) is 34.1 Å². The minimum Gasteiger partial charge on any atom is -0.495 e. The molecule has 4 rings (SSSR count). The highest BCUT2D eigenvalue weighted by Crippen LogP contribution is 2.28. The van der Waals surface area contributed by atoms with Crippen LogP contribution in [0.3, 0.4) is 0 Å². The number of nitrogens with one attached hydrogen (secondary N) is 1. The Morgan fingerprint density at radius 1 is 1.16 bits per heavy atom. The van der Waals surface area contributed by atoms with Crippen molar-refractivity contribution >= 4 is 35.6 Å². The van der Waals surface area contributed by atoms with Crippen LogP contribution in [0.25, 0.3) is 0 Å². The maximum Gasteiger partial charge on any atom is 0.345 e. The number of fused-ring (bicyclic) bond motifs is 1. The number of methoxy groups -OCH3 is 1. The second-order valence-corrected chi connectivity index (χ2v) is 8.00. The molecule has 2 aliphatic heterocycles. The number of piperazine rings is 1. The molecule has 1 N–H and O–H groups in total. The fourth-order valence-electron chi connectivity index (χ4n) is 4.41. The summed E-state index contributed by atoms with van der Waals surface area (Å²) in [6.07, 6.45) is 3.93. The van der Waals surface area contributed by atoms with Crippen LogP contribution in [-0.2, 0) is 19.5 Å². The van der Waals surface area contributed by atoms with Crippen LogP contribution < -0.4 is 20.6 Å². The Hall–Kier alpha value is -2.24.